The summed E-state index contributed by atoms with van der Waals surface area (Å²) in [6, 6.07) is 2.96. The van der Waals surface area contributed by atoms with E-state index in [1.807, 2.05) is 0 Å². The van der Waals surface area contributed by atoms with Crippen LogP contribution >= 0.6 is 0 Å². The largest absolute Gasteiger partial charge is 0.336 e. The molecule has 2 N–H and O–H groups in total. The lowest BCUT2D eigenvalue weighted by Crippen LogP contribution is -2.47. The van der Waals surface area contributed by atoms with Crippen molar-refractivity contribution in [1.29, 1.82) is 0 Å². The lowest BCUT2D eigenvalue weighted by Gasteiger charge is -2.35. The van der Waals surface area contributed by atoms with Crippen molar-refractivity contribution in [2.75, 3.05) is 25.0 Å². The summed E-state index contributed by atoms with van der Waals surface area (Å²) in [4.78, 5) is 14.3. The zero-order valence-electron chi connectivity index (χ0n) is 13.6. The summed E-state index contributed by atoms with van der Waals surface area (Å²) in [6.07, 6.45) is 5.75. The van der Waals surface area contributed by atoms with Gasteiger partial charge in [-0.05, 0) is 44.5 Å². The van der Waals surface area contributed by atoms with Gasteiger partial charge < -0.3 is 10.6 Å². The van der Waals surface area contributed by atoms with Crippen molar-refractivity contribution in [3.8, 4) is 0 Å². The summed E-state index contributed by atoms with van der Waals surface area (Å²) in [6.45, 7) is 4.83. The molecule has 128 valence electrons. The van der Waals surface area contributed by atoms with Gasteiger partial charge in [-0.3, -0.25) is 4.90 Å². The summed E-state index contributed by atoms with van der Waals surface area (Å²) in [5.41, 5.74) is -0.0182. The van der Waals surface area contributed by atoms with Gasteiger partial charge in [0, 0.05) is 18.7 Å². The third-order valence-corrected chi connectivity index (χ3v) is 4.23. The first kappa shape index (κ1) is 17.7. The van der Waals surface area contributed by atoms with Crippen LogP contribution in [-0.2, 0) is 0 Å². The van der Waals surface area contributed by atoms with Crippen molar-refractivity contribution in [2.45, 2.75) is 45.1 Å². The first-order valence-corrected chi connectivity index (χ1v) is 8.34. The third-order valence-electron chi connectivity index (χ3n) is 4.23. The summed E-state index contributed by atoms with van der Waals surface area (Å²) in [7, 11) is 0. The number of halogens is 2. The fourth-order valence-electron chi connectivity index (χ4n) is 2.91. The number of rotatable bonds is 6. The predicted molar refractivity (Wildman–Crippen MR) is 87.5 cm³/mol. The van der Waals surface area contributed by atoms with Crippen LogP contribution in [0.1, 0.15) is 39.0 Å². The van der Waals surface area contributed by atoms with Gasteiger partial charge in [0.2, 0.25) is 0 Å². The zero-order valence-corrected chi connectivity index (χ0v) is 13.6. The Balaban J connectivity index is 1.82. The molecule has 1 aliphatic rings. The number of carbonyl (C=O) groups excluding carboxylic acids is 1. The number of hydrogen-bond donors (Lipinski definition) is 2. The maximum atomic E-state index is 13.5. The summed E-state index contributed by atoms with van der Waals surface area (Å²) in [5, 5.41) is 5.22. The number of urea groups is 1. The maximum absolute atomic E-state index is 13.5. The molecule has 0 spiro atoms. The minimum absolute atomic E-state index is 0.0182. The quantitative estimate of drug-likeness (QED) is 0.837. The van der Waals surface area contributed by atoms with Gasteiger partial charge in [0.05, 0.1) is 5.69 Å². The molecule has 1 aromatic carbocycles. The average molecular weight is 325 g/mol. The molecule has 0 bridgehead atoms. The summed E-state index contributed by atoms with van der Waals surface area (Å²) in [5.74, 6) is -1.44. The molecule has 0 aliphatic carbocycles. The van der Waals surface area contributed by atoms with Crippen molar-refractivity contribution in [2.24, 2.45) is 0 Å². The molecule has 2 amide bonds. The number of piperidine rings is 1. The van der Waals surface area contributed by atoms with Crippen molar-refractivity contribution >= 4 is 11.7 Å². The van der Waals surface area contributed by atoms with Crippen molar-refractivity contribution in [3.05, 3.63) is 29.8 Å². The Morgan fingerprint density at radius 1 is 1.35 bits per heavy atom. The van der Waals surface area contributed by atoms with Crippen molar-refractivity contribution in [1.82, 2.24) is 10.2 Å². The fourth-order valence-corrected chi connectivity index (χ4v) is 2.91. The normalized spacial score (nSPS) is 18.7. The first-order valence-electron chi connectivity index (χ1n) is 8.34. The first-order chi connectivity index (χ1) is 11.1. The number of likely N-dealkylation sites (tertiary alicyclic amines) is 1. The molecular weight excluding hydrogens is 300 g/mol. The highest BCUT2D eigenvalue weighted by Crippen LogP contribution is 2.17. The molecule has 1 aliphatic heterocycles. The van der Waals surface area contributed by atoms with E-state index in [-0.39, 0.29) is 5.69 Å². The van der Waals surface area contributed by atoms with Crippen LogP contribution in [0.5, 0.6) is 0 Å². The minimum Gasteiger partial charge on any atom is -0.336 e. The van der Waals surface area contributed by atoms with E-state index in [4.69, 9.17) is 0 Å². The number of carbonyl (C=O) groups is 1. The van der Waals surface area contributed by atoms with E-state index in [0.717, 1.165) is 44.5 Å². The molecule has 0 aromatic heterocycles. The molecule has 0 saturated carbocycles. The molecule has 0 radical (unpaired) electrons. The third kappa shape index (κ3) is 5.46. The van der Waals surface area contributed by atoms with Crippen LogP contribution in [0.3, 0.4) is 0 Å². The molecule has 1 fully saturated rings. The molecule has 6 heteroatoms. The number of unbranched alkanes of at least 4 members (excludes halogenated alkanes) is 1. The van der Waals surface area contributed by atoms with Crippen LogP contribution in [0.25, 0.3) is 0 Å². The van der Waals surface area contributed by atoms with E-state index >= 15 is 0 Å². The van der Waals surface area contributed by atoms with E-state index in [0.29, 0.717) is 12.6 Å². The molecule has 1 heterocycles. The lowest BCUT2D eigenvalue weighted by molar-refractivity contribution is 0.145. The Kier molecular flexibility index (Phi) is 6.77. The molecule has 2 rings (SSSR count). The van der Waals surface area contributed by atoms with Crippen molar-refractivity contribution in [3.63, 3.8) is 0 Å². The number of anilines is 1. The highest BCUT2D eigenvalue weighted by Gasteiger charge is 2.22. The maximum Gasteiger partial charge on any atom is 0.319 e. The molecular formula is C17H25F2N3O. The monoisotopic (exact) mass is 325 g/mol. The second-order valence-electron chi connectivity index (χ2n) is 6.00. The molecule has 1 atom stereocenters. The fraction of sp³-hybridized carbons (Fsp3) is 0.588. The molecule has 1 aromatic rings. The van der Waals surface area contributed by atoms with Crippen LogP contribution in [0.4, 0.5) is 19.3 Å². The van der Waals surface area contributed by atoms with Crippen LogP contribution in [0, 0.1) is 11.6 Å². The predicted octanol–water partition coefficient (Wildman–Crippen LogP) is 3.74. The van der Waals surface area contributed by atoms with Gasteiger partial charge in [0.1, 0.15) is 11.6 Å². The number of benzene rings is 1. The smallest absolute Gasteiger partial charge is 0.319 e. The van der Waals surface area contributed by atoms with Crippen LogP contribution in [-0.4, -0.2) is 36.6 Å². The van der Waals surface area contributed by atoms with Gasteiger partial charge in [-0.25, -0.2) is 13.6 Å². The Labute approximate surface area is 136 Å². The van der Waals surface area contributed by atoms with Gasteiger partial charge in [0.25, 0.3) is 0 Å². The lowest BCUT2D eigenvalue weighted by atomic mass is 10.0. The Morgan fingerprint density at radius 3 is 2.91 bits per heavy atom. The number of hydrogen-bond acceptors (Lipinski definition) is 2. The van der Waals surface area contributed by atoms with Gasteiger partial charge >= 0.3 is 6.03 Å². The summed E-state index contributed by atoms with van der Waals surface area (Å²) >= 11 is 0. The van der Waals surface area contributed by atoms with E-state index < -0.39 is 17.7 Å². The van der Waals surface area contributed by atoms with Gasteiger partial charge in [-0.1, -0.05) is 19.8 Å². The van der Waals surface area contributed by atoms with Gasteiger partial charge in [-0.2, -0.15) is 0 Å². The van der Waals surface area contributed by atoms with Crippen LogP contribution in [0.2, 0.25) is 0 Å². The van der Waals surface area contributed by atoms with Crippen LogP contribution < -0.4 is 10.6 Å². The average Bonchev–Trinajstić information content (AvgIpc) is 2.54. The SMILES string of the molecule is CCCCN1CCCCC1CNC(=O)Nc1ccc(F)cc1F. The van der Waals surface area contributed by atoms with E-state index in [2.05, 4.69) is 22.5 Å². The number of nitrogens with zero attached hydrogens (tertiary/aromatic N) is 1. The van der Waals surface area contributed by atoms with E-state index in [1.54, 1.807) is 0 Å². The summed E-state index contributed by atoms with van der Waals surface area (Å²) < 4.78 is 26.4. The Morgan fingerprint density at radius 2 is 2.17 bits per heavy atom. The van der Waals surface area contributed by atoms with E-state index in [9.17, 15) is 13.6 Å². The topological polar surface area (TPSA) is 44.4 Å². The van der Waals surface area contributed by atoms with Crippen LogP contribution in [0.15, 0.2) is 18.2 Å². The molecule has 1 unspecified atom stereocenters. The Hall–Kier alpha value is -1.69. The van der Waals surface area contributed by atoms with Crippen molar-refractivity contribution < 1.29 is 13.6 Å². The second kappa shape index (κ2) is 8.82. The number of amides is 2. The van der Waals surface area contributed by atoms with Gasteiger partial charge in [0.15, 0.2) is 0 Å². The number of nitrogens with one attached hydrogen (secondary N) is 2. The van der Waals surface area contributed by atoms with E-state index in [1.165, 1.54) is 18.9 Å². The highest BCUT2D eigenvalue weighted by atomic mass is 19.1. The highest BCUT2D eigenvalue weighted by molar-refractivity contribution is 5.89. The second-order valence-corrected chi connectivity index (χ2v) is 6.00. The Bertz CT molecular complexity index is 525. The standard InChI is InChI=1S/C17H25F2N3O/c1-2-3-9-22-10-5-4-6-14(22)12-20-17(23)21-16-8-7-13(18)11-15(16)19/h7-8,11,14H,2-6,9-10,12H2,1H3,(H2,20,21,23). The molecule has 4 nitrogen and oxygen atoms in total. The van der Waals surface area contributed by atoms with Gasteiger partial charge in [-0.15, -0.1) is 0 Å². The zero-order chi connectivity index (χ0) is 16.7. The molecule has 23 heavy (non-hydrogen) atoms. The minimum atomic E-state index is -0.776. The molecule has 1 saturated heterocycles.